The Balaban J connectivity index is 3.29. The maximum absolute atomic E-state index is 5.69. The van der Waals surface area contributed by atoms with E-state index in [4.69, 9.17) is 16.2 Å². The van der Waals surface area contributed by atoms with Crippen LogP contribution >= 0.6 is 0 Å². The molecule has 1 aromatic rings. The van der Waals surface area contributed by atoms with Crippen LogP contribution in [0.3, 0.4) is 0 Å². The van der Waals surface area contributed by atoms with Crippen molar-refractivity contribution in [1.29, 1.82) is 0 Å². The number of methoxy groups -OCH3 is 1. The van der Waals surface area contributed by atoms with Crippen molar-refractivity contribution < 1.29 is 4.74 Å². The molecule has 0 bridgehead atoms. The van der Waals surface area contributed by atoms with E-state index in [-0.39, 0.29) is 0 Å². The smallest absolute Gasteiger partial charge is 0.164 e. The number of hydrogen-bond acceptors (Lipinski definition) is 3. The Kier molecular flexibility index (Phi) is 1.89. The average molecular weight is 152 g/mol. The quantitative estimate of drug-likeness (QED) is 0.594. The monoisotopic (exact) mass is 152 g/mol. The molecule has 4 N–H and O–H groups in total. The molecule has 0 aliphatic heterocycles. The molecule has 0 aromatic heterocycles. The number of nitrogen functional groups attached to an aromatic ring is 2. The van der Waals surface area contributed by atoms with E-state index in [0.29, 0.717) is 17.1 Å². The number of rotatable bonds is 1. The van der Waals surface area contributed by atoms with Gasteiger partial charge in [-0.1, -0.05) is 6.07 Å². The van der Waals surface area contributed by atoms with Gasteiger partial charge in [0.15, 0.2) is 5.75 Å². The fourth-order valence-electron chi connectivity index (χ4n) is 0.943. The van der Waals surface area contributed by atoms with Crippen LogP contribution in [0.25, 0.3) is 0 Å². The molecule has 0 unspecified atom stereocenters. The SMILES string of the molecule is COc1c(N)ccc(C)c1N. The third-order valence-corrected chi connectivity index (χ3v) is 1.65. The Morgan fingerprint density at radius 3 is 2.36 bits per heavy atom. The van der Waals surface area contributed by atoms with Crippen LogP contribution in [0.15, 0.2) is 12.1 Å². The van der Waals surface area contributed by atoms with Gasteiger partial charge in [-0.25, -0.2) is 0 Å². The Morgan fingerprint density at radius 1 is 1.27 bits per heavy atom. The van der Waals surface area contributed by atoms with Crippen LogP contribution in [-0.4, -0.2) is 7.11 Å². The number of aryl methyl sites for hydroxylation is 1. The predicted octanol–water partition coefficient (Wildman–Crippen LogP) is 1.17. The average Bonchev–Trinajstić information content (AvgIpc) is 1.99. The summed E-state index contributed by atoms with van der Waals surface area (Å²) in [6.45, 7) is 1.91. The highest BCUT2D eigenvalue weighted by Gasteiger charge is 2.04. The van der Waals surface area contributed by atoms with E-state index < -0.39 is 0 Å². The molecule has 60 valence electrons. The van der Waals surface area contributed by atoms with Gasteiger partial charge in [0.25, 0.3) is 0 Å². The first-order chi connectivity index (χ1) is 5.16. The Hall–Kier alpha value is -1.38. The summed E-state index contributed by atoms with van der Waals surface area (Å²) in [6.07, 6.45) is 0. The van der Waals surface area contributed by atoms with Gasteiger partial charge in [0.05, 0.1) is 18.5 Å². The molecule has 0 atom stereocenters. The van der Waals surface area contributed by atoms with Crippen LogP contribution in [0.1, 0.15) is 5.56 Å². The van der Waals surface area contributed by atoms with Crippen LogP contribution < -0.4 is 16.2 Å². The third-order valence-electron chi connectivity index (χ3n) is 1.65. The minimum absolute atomic E-state index is 0.574. The Bertz CT molecular complexity index is 271. The van der Waals surface area contributed by atoms with E-state index in [1.165, 1.54) is 0 Å². The summed E-state index contributed by atoms with van der Waals surface area (Å²) in [7, 11) is 1.56. The zero-order valence-electron chi connectivity index (χ0n) is 6.72. The molecule has 0 aliphatic carbocycles. The summed E-state index contributed by atoms with van der Waals surface area (Å²) in [6, 6.07) is 3.65. The van der Waals surface area contributed by atoms with Gasteiger partial charge in [0, 0.05) is 0 Å². The third kappa shape index (κ3) is 1.22. The Morgan fingerprint density at radius 2 is 1.91 bits per heavy atom. The van der Waals surface area contributed by atoms with Gasteiger partial charge in [-0.2, -0.15) is 0 Å². The lowest BCUT2D eigenvalue weighted by molar-refractivity contribution is 0.419. The molecule has 0 fully saturated rings. The van der Waals surface area contributed by atoms with Crippen molar-refractivity contribution in [2.75, 3.05) is 18.6 Å². The molecule has 1 aromatic carbocycles. The molecule has 1 rings (SSSR count). The minimum Gasteiger partial charge on any atom is -0.492 e. The highest BCUT2D eigenvalue weighted by molar-refractivity contribution is 5.70. The molecule has 0 aliphatic rings. The van der Waals surface area contributed by atoms with Crippen molar-refractivity contribution in [3.05, 3.63) is 17.7 Å². The van der Waals surface area contributed by atoms with Crippen molar-refractivity contribution in [2.24, 2.45) is 0 Å². The highest BCUT2D eigenvalue weighted by Crippen LogP contribution is 2.30. The van der Waals surface area contributed by atoms with Crippen molar-refractivity contribution >= 4 is 11.4 Å². The van der Waals surface area contributed by atoms with Crippen LogP contribution in [0.5, 0.6) is 5.75 Å². The molecule has 0 spiro atoms. The van der Waals surface area contributed by atoms with Gasteiger partial charge < -0.3 is 16.2 Å². The summed E-state index contributed by atoms with van der Waals surface area (Å²) in [5.74, 6) is 0.574. The fraction of sp³-hybridized carbons (Fsp3) is 0.250. The normalized spacial score (nSPS) is 9.64. The molecule has 0 saturated carbocycles. The van der Waals surface area contributed by atoms with Crippen molar-refractivity contribution in [2.45, 2.75) is 6.92 Å². The van der Waals surface area contributed by atoms with Crippen LogP contribution in [0.2, 0.25) is 0 Å². The van der Waals surface area contributed by atoms with Crippen molar-refractivity contribution in [3.8, 4) is 5.75 Å². The van der Waals surface area contributed by atoms with Gasteiger partial charge in [0.2, 0.25) is 0 Å². The zero-order valence-corrected chi connectivity index (χ0v) is 6.72. The fourth-order valence-corrected chi connectivity index (χ4v) is 0.943. The van der Waals surface area contributed by atoms with E-state index >= 15 is 0 Å². The van der Waals surface area contributed by atoms with Gasteiger partial charge in [-0.3, -0.25) is 0 Å². The lowest BCUT2D eigenvalue weighted by Gasteiger charge is -2.09. The molecule has 0 saturated heterocycles. The summed E-state index contributed by atoms with van der Waals surface area (Å²) in [5, 5.41) is 0. The first-order valence-electron chi connectivity index (χ1n) is 3.35. The highest BCUT2D eigenvalue weighted by atomic mass is 16.5. The molecule has 0 heterocycles. The topological polar surface area (TPSA) is 61.3 Å². The van der Waals surface area contributed by atoms with Gasteiger partial charge in [-0.05, 0) is 18.6 Å². The molecular formula is C8H12N2O. The lowest BCUT2D eigenvalue weighted by atomic mass is 10.1. The molecular weight excluding hydrogens is 140 g/mol. The second-order valence-electron chi connectivity index (χ2n) is 2.42. The maximum atomic E-state index is 5.69. The standard InChI is InChI=1S/C8H12N2O/c1-5-3-4-6(9)8(11-2)7(5)10/h3-4H,9-10H2,1-2H3. The largest absolute Gasteiger partial charge is 0.492 e. The van der Waals surface area contributed by atoms with Crippen molar-refractivity contribution in [3.63, 3.8) is 0 Å². The van der Waals surface area contributed by atoms with E-state index in [1.807, 2.05) is 13.0 Å². The Labute approximate surface area is 66.0 Å². The van der Waals surface area contributed by atoms with Gasteiger partial charge in [-0.15, -0.1) is 0 Å². The van der Waals surface area contributed by atoms with Gasteiger partial charge in [0.1, 0.15) is 0 Å². The number of benzene rings is 1. The molecule has 3 heteroatoms. The number of anilines is 2. The van der Waals surface area contributed by atoms with Crippen LogP contribution in [0.4, 0.5) is 11.4 Å². The zero-order chi connectivity index (χ0) is 8.43. The summed E-state index contributed by atoms with van der Waals surface area (Å²) in [4.78, 5) is 0. The van der Waals surface area contributed by atoms with E-state index in [1.54, 1.807) is 13.2 Å². The molecule has 0 radical (unpaired) electrons. The van der Waals surface area contributed by atoms with Crippen LogP contribution in [-0.2, 0) is 0 Å². The van der Waals surface area contributed by atoms with E-state index in [0.717, 1.165) is 5.56 Å². The van der Waals surface area contributed by atoms with Gasteiger partial charge >= 0.3 is 0 Å². The number of nitrogens with two attached hydrogens (primary N) is 2. The molecule has 0 amide bonds. The number of hydrogen-bond donors (Lipinski definition) is 2. The van der Waals surface area contributed by atoms with E-state index in [9.17, 15) is 0 Å². The second-order valence-corrected chi connectivity index (χ2v) is 2.42. The second kappa shape index (κ2) is 2.70. The first kappa shape index (κ1) is 7.72. The van der Waals surface area contributed by atoms with Crippen molar-refractivity contribution in [1.82, 2.24) is 0 Å². The maximum Gasteiger partial charge on any atom is 0.164 e. The van der Waals surface area contributed by atoms with Crippen LogP contribution in [0, 0.1) is 6.92 Å². The summed E-state index contributed by atoms with van der Waals surface area (Å²) >= 11 is 0. The predicted molar refractivity (Wildman–Crippen MR) is 46.6 cm³/mol. The van der Waals surface area contributed by atoms with E-state index in [2.05, 4.69) is 0 Å². The first-order valence-corrected chi connectivity index (χ1v) is 3.35. The summed E-state index contributed by atoms with van der Waals surface area (Å²) in [5.41, 5.74) is 13.5. The number of ether oxygens (including phenoxy) is 1. The molecule has 3 nitrogen and oxygen atoms in total. The minimum atomic E-state index is 0.574. The summed E-state index contributed by atoms with van der Waals surface area (Å²) < 4.78 is 5.01. The lowest BCUT2D eigenvalue weighted by Crippen LogP contribution is -1.99. The molecule has 11 heavy (non-hydrogen) atoms.